The maximum Gasteiger partial charge on any atom is 0.265 e. The van der Waals surface area contributed by atoms with Gasteiger partial charge in [0.25, 0.3) is 5.91 Å². The van der Waals surface area contributed by atoms with E-state index in [1.54, 1.807) is 18.4 Å². The van der Waals surface area contributed by atoms with E-state index in [2.05, 4.69) is 28.9 Å². The van der Waals surface area contributed by atoms with Crippen LogP contribution in [0.25, 0.3) is 17.0 Å². The molecule has 2 aliphatic rings. The minimum Gasteiger partial charge on any atom is -0.497 e. The molecule has 6 rings (SSSR count). The van der Waals surface area contributed by atoms with Crippen molar-refractivity contribution in [2.24, 2.45) is 16.8 Å². The summed E-state index contributed by atoms with van der Waals surface area (Å²) >= 11 is 1.56. The number of carbonyl (C=O) groups excluding carboxylic acids is 1. The number of benzene rings is 3. The van der Waals surface area contributed by atoms with Crippen LogP contribution in [0.5, 0.6) is 5.75 Å². The number of fused-ring (bicyclic) bond motifs is 2. The first-order valence-electron chi connectivity index (χ1n) is 13.3. The van der Waals surface area contributed by atoms with Gasteiger partial charge in [0.2, 0.25) is 4.80 Å². The van der Waals surface area contributed by atoms with E-state index in [1.807, 2.05) is 84.9 Å². The Morgan fingerprint density at radius 1 is 1.05 bits per heavy atom. The molecule has 5 N–H and O–H groups in total. The number of nitrogens with two attached hydrogens (primary N) is 2. The van der Waals surface area contributed by atoms with Crippen molar-refractivity contribution >= 4 is 28.6 Å². The van der Waals surface area contributed by atoms with Crippen LogP contribution in [0.3, 0.4) is 0 Å². The summed E-state index contributed by atoms with van der Waals surface area (Å²) in [5.74, 6) is 12.9. The summed E-state index contributed by atoms with van der Waals surface area (Å²) in [6.45, 7) is 4.39. The first-order chi connectivity index (χ1) is 19.9. The fourth-order valence-corrected chi connectivity index (χ4v) is 6.95. The summed E-state index contributed by atoms with van der Waals surface area (Å²) in [4.78, 5) is 15.5. The van der Waals surface area contributed by atoms with Crippen LogP contribution in [0.1, 0.15) is 47.9 Å². The molecule has 8 nitrogen and oxygen atoms in total. The summed E-state index contributed by atoms with van der Waals surface area (Å²) in [6.07, 6.45) is 0.620. The van der Waals surface area contributed by atoms with Crippen LogP contribution < -0.4 is 26.6 Å². The van der Waals surface area contributed by atoms with Crippen LogP contribution in [0, 0.1) is 0 Å². The maximum atomic E-state index is 13.7. The van der Waals surface area contributed by atoms with Gasteiger partial charge in [-0.3, -0.25) is 14.8 Å². The van der Waals surface area contributed by atoms with Gasteiger partial charge in [0.15, 0.2) is 0 Å². The molecule has 1 aliphatic carbocycles. The molecule has 0 bridgehead atoms. The number of thiazole rings is 1. The van der Waals surface area contributed by atoms with Crippen molar-refractivity contribution in [2.75, 3.05) is 7.11 Å². The number of allylic oxidation sites excluding steroid dienone is 2. The summed E-state index contributed by atoms with van der Waals surface area (Å²) < 4.78 is 14.3. The smallest absolute Gasteiger partial charge is 0.265 e. The van der Waals surface area contributed by atoms with Crippen molar-refractivity contribution in [3.05, 3.63) is 123 Å². The molecule has 0 fully saturated rings. The number of amides is 1. The first kappa shape index (κ1) is 26.6. The van der Waals surface area contributed by atoms with Crippen LogP contribution in [-0.2, 0) is 14.9 Å². The number of nitrogens with zero attached hydrogens (tertiary/aromatic N) is 2. The zero-order valence-corrected chi connectivity index (χ0v) is 23.9. The molecule has 0 radical (unpaired) electrons. The standard InChI is InChI=1S/C32H31N5O3S/c1-32(2)18-23-25(27-29(32)41-31(36-34)37(27)21-12-8-5-9-13-21)24(19-14-16-22(39-3)17-15-19)26(30(38)35-33)28(40-23)20-10-6-4-7-11-20/h4-17,24H,18,33-34H2,1-3H3,(H,35,38). The van der Waals surface area contributed by atoms with Gasteiger partial charge in [-0.2, -0.15) is 5.10 Å². The summed E-state index contributed by atoms with van der Waals surface area (Å²) in [5, 5.41) is 4.20. The van der Waals surface area contributed by atoms with Crippen LogP contribution in [0.4, 0.5) is 0 Å². The molecule has 1 aromatic heterocycles. The lowest BCUT2D eigenvalue weighted by atomic mass is 9.71. The topological polar surface area (TPSA) is 117 Å². The van der Waals surface area contributed by atoms with Crippen LogP contribution in [0.2, 0.25) is 0 Å². The second-order valence-electron chi connectivity index (χ2n) is 10.7. The number of ether oxygens (including phenoxy) is 2. The highest BCUT2D eigenvalue weighted by Gasteiger charge is 2.46. The van der Waals surface area contributed by atoms with Crippen LogP contribution in [-0.4, -0.2) is 17.6 Å². The van der Waals surface area contributed by atoms with Gasteiger partial charge >= 0.3 is 0 Å². The van der Waals surface area contributed by atoms with Gasteiger partial charge in [-0.25, -0.2) is 5.84 Å². The van der Waals surface area contributed by atoms with E-state index in [1.165, 1.54) is 0 Å². The Morgan fingerprint density at radius 3 is 2.32 bits per heavy atom. The Kier molecular flexibility index (Phi) is 6.76. The molecule has 4 aromatic rings. The number of hydrogen-bond acceptors (Lipinski definition) is 7. The monoisotopic (exact) mass is 565 g/mol. The normalized spacial score (nSPS) is 18.0. The van der Waals surface area contributed by atoms with E-state index in [9.17, 15) is 4.79 Å². The largest absolute Gasteiger partial charge is 0.497 e. The zero-order chi connectivity index (χ0) is 28.7. The summed E-state index contributed by atoms with van der Waals surface area (Å²) in [6, 6.07) is 27.4. The Labute approximate surface area is 242 Å². The van der Waals surface area contributed by atoms with Crippen molar-refractivity contribution in [1.29, 1.82) is 0 Å². The van der Waals surface area contributed by atoms with E-state index < -0.39 is 11.8 Å². The fourth-order valence-electron chi connectivity index (χ4n) is 5.78. The average Bonchev–Trinajstić information content (AvgIpc) is 3.41. The number of methoxy groups -OCH3 is 1. The molecular weight excluding hydrogens is 534 g/mol. The Balaban J connectivity index is 1.72. The molecule has 0 spiro atoms. The molecule has 1 aliphatic heterocycles. The predicted octanol–water partition coefficient (Wildman–Crippen LogP) is 4.93. The number of carbonyl (C=O) groups is 1. The van der Waals surface area contributed by atoms with Crippen molar-refractivity contribution in [3.63, 3.8) is 0 Å². The van der Waals surface area contributed by atoms with E-state index in [-0.39, 0.29) is 5.41 Å². The molecule has 2 heterocycles. The zero-order valence-electron chi connectivity index (χ0n) is 23.0. The predicted molar refractivity (Wildman–Crippen MR) is 160 cm³/mol. The second-order valence-corrected chi connectivity index (χ2v) is 11.6. The number of hydrogen-bond donors (Lipinski definition) is 3. The van der Waals surface area contributed by atoms with E-state index in [0.717, 1.165) is 44.5 Å². The van der Waals surface area contributed by atoms with E-state index in [4.69, 9.17) is 21.2 Å². The molecule has 208 valence electrons. The number of aromatic nitrogens is 1. The van der Waals surface area contributed by atoms with Gasteiger partial charge in [-0.05, 0) is 29.8 Å². The summed E-state index contributed by atoms with van der Waals surface area (Å²) in [5.41, 5.74) is 6.93. The highest BCUT2D eigenvalue weighted by atomic mass is 32.1. The van der Waals surface area contributed by atoms with Gasteiger partial charge < -0.3 is 15.3 Å². The third kappa shape index (κ3) is 4.43. The van der Waals surface area contributed by atoms with Crippen molar-refractivity contribution in [2.45, 2.75) is 31.6 Å². The maximum absolute atomic E-state index is 13.7. The van der Waals surface area contributed by atoms with Gasteiger partial charge in [0, 0.05) is 39.5 Å². The Morgan fingerprint density at radius 2 is 1.71 bits per heavy atom. The third-order valence-corrected chi connectivity index (χ3v) is 9.05. The molecule has 3 aromatic carbocycles. The lowest BCUT2D eigenvalue weighted by Gasteiger charge is -2.40. The highest BCUT2D eigenvalue weighted by Crippen LogP contribution is 2.55. The molecule has 41 heavy (non-hydrogen) atoms. The number of rotatable bonds is 5. The van der Waals surface area contributed by atoms with Crippen LogP contribution >= 0.6 is 11.3 Å². The third-order valence-electron chi connectivity index (χ3n) is 7.63. The minimum atomic E-state index is -0.506. The quantitative estimate of drug-likeness (QED) is 0.180. The molecule has 0 saturated heterocycles. The van der Waals surface area contributed by atoms with Gasteiger partial charge in [0.05, 0.1) is 18.4 Å². The molecule has 9 heteroatoms. The molecule has 0 saturated carbocycles. The fraction of sp³-hybridized carbons (Fsp3) is 0.188. The highest BCUT2D eigenvalue weighted by molar-refractivity contribution is 7.09. The molecule has 1 amide bonds. The number of para-hydroxylation sites is 1. The summed E-state index contributed by atoms with van der Waals surface area (Å²) in [7, 11) is 1.63. The lowest BCUT2D eigenvalue weighted by molar-refractivity contribution is -0.117. The van der Waals surface area contributed by atoms with E-state index >= 15 is 0 Å². The van der Waals surface area contributed by atoms with Crippen molar-refractivity contribution < 1.29 is 14.3 Å². The van der Waals surface area contributed by atoms with E-state index in [0.29, 0.717) is 22.6 Å². The molecular formula is C32H31N5O3S. The van der Waals surface area contributed by atoms with Crippen molar-refractivity contribution in [1.82, 2.24) is 9.99 Å². The Bertz CT molecular complexity index is 1750. The number of nitrogens with one attached hydrogen (secondary N) is 1. The van der Waals surface area contributed by atoms with Crippen molar-refractivity contribution in [3.8, 4) is 11.4 Å². The minimum absolute atomic E-state index is 0.293. The van der Waals surface area contributed by atoms with Gasteiger partial charge in [0.1, 0.15) is 17.3 Å². The first-order valence-corrected chi connectivity index (χ1v) is 14.1. The Hall–Kier alpha value is -4.60. The SMILES string of the molecule is COc1ccc(C2C(C(=O)NN)=C(c3ccccc3)OC3=C2c2c(sc(=NN)n2-c2ccccc2)C(C)(C)C3)cc1. The second kappa shape index (κ2) is 10.4. The van der Waals surface area contributed by atoms with Crippen LogP contribution in [0.15, 0.2) is 101 Å². The molecule has 1 unspecified atom stereocenters. The molecule has 1 atom stereocenters. The lowest BCUT2D eigenvalue weighted by Crippen LogP contribution is -2.37. The van der Waals surface area contributed by atoms with Gasteiger partial charge in [-0.1, -0.05) is 85.8 Å². The average molecular weight is 566 g/mol. The number of hydrazine groups is 1. The van der Waals surface area contributed by atoms with Gasteiger partial charge in [-0.15, -0.1) is 0 Å².